The standard InChI is InChI=1S/C22H22ClN3O3/c1-15-4-2-3-5-19(15)21(27)25-10-8-16(9-11-25)22(28)29-14-18-13-26-12-17(23)6-7-20(26)24-18/h2-7,12-13,16H,8-11,14H2,1H3. The SMILES string of the molecule is Cc1ccccc1C(=O)N1CCC(C(=O)OCc2cn3cc(Cl)ccc3n2)CC1. The maximum Gasteiger partial charge on any atom is 0.309 e. The van der Waals surface area contributed by atoms with E-state index in [9.17, 15) is 9.59 Å². The number of aryl methyl sites for hydroxylation is 1. The second-order valence-corrected chi connectivity index (χ2v) is 7.77. The van der Waals surface area contributed by atoms with E-state index < -0.39 is 0 Å². The Morgan fingerprint density at radius 3 is 2.66 bits per heavy atom. The van der Waals surface area contributed by atoms with Crippen LogP contribution in [0.15, 0.2) is 48.8 Å². The molecule has 0 saturated carbocycles. The molecular weight excluding hydrogens is 390 g/mol. The largest absolute Gasteiger partial charge is 0.459 e. The molecule has 4 rings (SSSR count). The van der Waals surface area contributed by atoms with Crippen molar-refractivity contribution in [3.63, 3.8) is 0 Å². The molecule has 0 aliphatic carbocycles. The average molecular weight is 412 g/mol. The number of pyridine rings is 1. The van der Waals surface area contributed by atoms with Gasteiger partial charge in [0.25, 0.3) is 5.91 Å². The minimum Gasteiger partial charge on any atom is -0.459 e. The summed E-state index contributed by atoms with van der Waals surface area (Å²) in [5.41, 5.74) is 3.12. The normalized spacial score (nSPS) is 14.9. The van der Waals surface area contributed by atoms with Crippen molar-refractivity contribution in [3.05, 3.63) is 70.6 Å². The molecule has 3 heterocycles. The van der Waals surface area contributed by atoms with Crippen molar-refractivity contribution in [2.45, 2.75) is 26.4 Å². The van der Waals surface area contributed by atoms with Gasteiger partial charge in [-0.05, 0) is 43.5 Å². The Hall–Kier alpha value is -2.86. The van der Waals surface area contributed by atoms with Gasteiger partial charge in [0.1, 0.15) is 12.3 Å². The van der Waals surface area contributed by atoms with Gasteiger partial charge in [0.05, 0.1) is 16.6 Å². The minimum absolute atomic E-state index is 0.0262. The van der Waals surface area contributed by atoms with Gasteiger partial charge in [-0.15, -0.1) is 0 Å². The second kappa shape index (κ2) is 8.25. The zero-order chi connectivity index (χ0) is 20.4. The summed E-state index contributed by atoms with van der Waals surface area (Å²) in [6.45, 7) is 3.17. The third kappa shape index (κ3) is 4.27. The summed E-state index contributed by atoms with van der Waals surface area (Å²) in [5, 5.41) is 0.616. The number of fused-ring (bicyclic) bond motifs is 1. The molecule has 150 valence electrons. The van der Waals surface area contributed by atoms with Crippen LogP contribution in [0.3, 0.4) is 0 Å². The Kier molecular flexibility index (Phi) is 5.53. The third-order valence-electron chi connectivity index (χ3n) is 5.32. The summed E-state index contributed by atoms with van der Waals surface area (Å²) in [6.07, 6.45) is 4.78. The number of carbonyl (C=O) groups excluding carboxylic acids is 2. The number of likely N-dealkylation sites (tertiary alicyclic amines) is 1. The number of hydrogen-bond donors (Lipinski definition) is 0. The number of rotatable bonds is 4. The van der Waals surface area contributed by atoms with E-state index in [4.69, 9.17) is 16.3 Å². The van der Waals surface area contributed by atoms with Crippen LogP contribution >= 0.6 is 11.6 Å². The molecule has 1 fully saturated rings. The van der Waals surface area contributed by atoms with Crippen molar-refractivity contribution in [1.29, 1.82) is 0 Å². The summed E-state index contributed by atoms with van der Waals surface area (Å²) >= 11 is 5.98. The zero-order valence-electron chi connectivity index (χ0n) is 16.2. The lowest BCUT2D eigenvalue weighted by molar-refractivity contribution is -0.151. The highest BCUT2D eigenvalue weighted by molar-refractivity contribution is 6.30. The Bertz CT molecular complexity index is 1050. The summed E-state index contributed by atoms with van der Waals surface area (Å²) < 4.78 is 7.28. The number of aromatic nitrogens is 2. The molecule has 0 unspecified atom stereocenters. The zero-order valence-corrected chi connectivity index (χ0v) is 16.9. The molecule has 1 aliphatic rings. The first-order chi connectivity index (χ1) is 14.0. The molecule has 1 aliphatic heterocycles. The lowest BCUT2D eigenvalue weighted by Gasteiger charge is -2.31. The number of halogens is 1. The number of esters is 1. The number of piperidine rings is 1. The maximum absolute atomic E-state index is 12.7. The lowest BCUT2D eigenvalue weighted by atomic mass is 9.96. The molecule has 2 aromatic heterocycles. The van der Waals surface area contributed by atoms with E-state index in [0.717, 1.165) is 16.8 Å². The molecule has 0 N–H and O–H groups in total. The van der Waals surface area contributed by atoms with E-state index in [1.165, 1.54) is 0 Å². The van der Waals surface area contributed by atoms with E-state index in [-0.39, 0.29) is 24.4 Å². The van der Waals surface area contributed by atoms with Gasteiger partial charge in [-0.1, -0.05) is 29.8 Å². The van der Waals surface area contributed by atoms with Gasteiger partial charge in [-0.2, -0.15) is 0 Å². The second-order valence-electron chi connectivity index (χ2n) is 7.33. The van der Waals surface area contributed by atoms with Crippen LogP contribution in [-0.2, 0) is 16.1 Å². The van der Waals surface area contributed by atoms with Crippen LogP contribution < -0.4 is 0 Å². The monoisotopic (exact) mass is 411 g/mol. The smallest absolute Gasteiger partial charge is 0.309 e. The first kappa shape index (κ1) is 19.5. The minimum atomic E-state index is -0.233. The van der Waals surface area contributed by atoms with Crippen molar-refractivity contribution in [2.24, 2.45) is 5.92 Å². The lowest BCUT2D eigenvalue weighted by Crippen LogP contribution is -2.40. The Morgan fingerprint density at radius 2 is 1.90 bits per heavy atom. The van der Waals surface area contributed by atoms with Crippen molar-refractivity contribution in [3.8, 4) is 0 Å². The fourth-order valence-electron chi connectivity index (χ4n) is 3.65. The Balaban J connectivity index is 1.30. The molecule has 0 atom stereocenters. The number of imidazole rings is 1. The highest BCUT2D eigenvalue weighted by atomic mass is 35.5. The van der Waals surface area contributed by atoms with Crippen LogP contribution in [0, 0.1) is 12.8 Å². The van der Waals surface area contributed by atoms with Crippen molar-refractivity contribution in [2.75, 3.05) is 13.1 Å². The fourth-order valence-corrected chi connectivity index (χ4v) is 3.82. The van der Waals surface area contributed by atoms with Gasteiger partial charge in [-0.3, -0.25) is 9.59 Å². The van der Waals surface area contributed by atoms with Crippen molar-refractivity contribution >= 4 is 29.1 Å². The number of hydrogen-bond acceptors (Lipinski definition) is 4. The van der Waals surface area contributed by atoms with Crippen LogP contribution in [0.1, 0.15) is 34.5 Å². The summed E-state index contributed by atoms with van der Waals surface area (Å²) in [5.74, 6) is -0.399. The van der Waals surface area contributed by atoms with Crippen molar-refractivity contribution < 1.29 is 14.3 Å². The van der Waals surface area contributed by atoms with Gasteiger partial charge in [0, 0.05) is 31.0 Å². The van der Waals surface area contributed by atoms with E-state index in [2.05, 4.69) is 4.98 Å². The number of ether oxygens (including phenoxy) is 1. The molecule has 0 radical (unpaired) electrons. The van der Waals surface area contributed by atoms with Crippen LogP contribution in [0.4, 0.5) is 0 Å². The van der Waals surface area contributed by atoms with Gasteiger partial charge in [-0.25, -0.2) is 4.98 Å². The van der Waals surface area contributed by atoms with Crippen LogP contribution in [0.5, 0.6) is 0 Å². The van der Waals surface area contributed by atoms with Gasteiger partial charge >= 0.3 is 5.97 Å². The molecule has 1 aromatic carbocycles. The Labute approximate surface area is 174 Å². The molecule has 29 heavy (non-hydrogen) atoms. The summed E-state index contributed by atoms with van der Waals surface area (Å²) in [6, 6.07) is 11.2. The molecule has 1 saturated heterocycles. The van der Waals surface area contributed by atoms with Gasteiger partial charge in [0.15, 0.2) is 0 Å². The van der Waals surface area contributed by atoms with E-state index in [1.807, 2.05) is 42.2 Å². The highest BCUT2D eigenvalue weighted by Crippen LogP contribution is 2.22. The molecule has 3 aromatic rings. The molecular formula is C22H22ClN3O3. The first-order valence-electron chi connectivity index (χ1n) is 9.66. The van der Waals surface area contributed by atoms with Gasteiger partial charge < -0.3 is 14.0 Å². The van der Waals surface area contributed by atoms with Crippen LogP contribution in [-0.4, -0.2) is 39.3 Å². The number of benzene rings is 1. The Morgan fingerprint density at radius 1 is 1.14 bits per heavy atom. The van der Waals surface area contributed by atoms with E-state index >= 15 is 0 Å². The number of carbonyl (C=O) groups is 2. The molecule has 0 spiro atoms. The number of nitrogens with zero attached hydrogens (tertiary/aromatic N) is 3. The summed E-state index contributed by atoms with van der Waals surface area (Å²) in [7, 11) is 0. The quantitative estimate of drug-likeness (QED) is 0.611. The van der Waals surface area contributed by atoms with E-state index in [0.29, 0.717) is 36.6 Å². The summed E-state index contributed by atoms with van der Waals surface area (Å²) in [4.78, 5) is 31.4. The fraction of sp³-hybridized carbons (Fsp3) is 0.318. The third-order valence-corrected chi connectivity index (χ3v) is 5.54. The van der Waals surface area contributed by atoms with Crippen LogP contribution in [0.2, 0.25) is 5.02 Å². The van der Waals surface area contributed by atoms with Gasteiger partial charge in [0.2, 0.25) is 0 Å². The molecule has 1 amide bonds. The maximum atomic E-state index is 12.7. The predicted molar refractivity (Wildman–Crippen MR) is 110 cm³/mol. The highest BCUT2D eigenvalue weighted by Gasteiger charge is 2.29. The first-order valence-corrected chi connectivity index (χ1v) is 10.0. The number of amides is 1. The molecule has 7 heteroatoms. The predicted octanol–water partition coefficient (Wildman–Crippen LogP) is 3.89. The average Bonchev–Trinajstić information content (AvgIpc) is 3.14. The van der Waals surface area contributed by atoms with E-state index in [1.54, 1.807) is 22.9 Å². The topological polar surface area (TPSA) is 63.9 Å². The molecule has 6 nitrogen and oxygen atoms in total. The molecule has 0 bridgehead atoms. The van der Waals surface area contributed by atoms with Crippen LogP contribution in [0.25, 0.3) is 5.65 Å². The van der Waals surface area contributed by atoms with Crippen molar-refractivity contribution in [1.82, 2.24) is 14.3 Å².